The Balaban J connectivity index is 1.27. The number of aliphatic hydroxyl groups excluding tert-OH is 1. The molecule has 0 radical (unpaired) electrons. The van der Waals surface area contributed by atoms with E-state index in [1.165, 1.54) is 11.0 Å². The molecule has 170 valence electrons. The predicted molar refractivity (Wildman–Crippen MR) is 120 cm³/mol. The first-order valence-electron chi connectivity index (χ1n) is 11.2. The van der Waals surface area contributed by atoms with Gasteiger partial charge in [-0.25, -0.2) is 0 Å². The van der Waals surface area contributed by atoms with Crippen molar-refractivity contribution in [2.45, 2.75) is 44.5 Å². The van der Waals surface area contributed by atoms with E-state index in [1.54, 1.807) is 13.2 Å². The van der Waals surface area contributed by atoms with E-state index in [2.05, 4.69) is 21.2 Å². The number of nitrogens with zero attached hydrogens (tertiary/aromatic N) is 3. The second-order valence-electron chi connectivity index (χ2n) is 8.58. The van der Waals surface area contributed by atoms with Crippen molar-refractivity contribution in [3.8, 4) is 17.5 Å². The number of benzene rings is 1. The highest BCUT2D eigenvalue weighted by Crippen LogP contribution is 2.30. The third-order valence-corrected chi connectivity index (χ3v) is 6.47. The monoisotopic (exact) mass is 430 g/mol. The van der Waals surface area contributed by atoms with E-state index in [0.29, 0.717) is 24.7 Å². The van der Waals surface area contributed by atoms with E-state index in [0.717, 1.165) is 50.5 Å². The second-order valence-corrected chi connectivity index (χ2v) is 8.58. The molecule has 1 saturated carbocycles. The molecule has 2 aliphatic rings. The number of hydrogen-bond acceptors (Lipinski definition) is 7. The number of piperazine rings is 1. The van der Waals surface area contributed by atoms with Gasteiger partial charge in [0.1, 0.15) is 5.75 Å². The maximum atomic E-state index is 10.6. The van der Waals surface area contributed by atoms with Gasteiger partial charge in [0.25, 0.3) is 0 Å². The van der Waals surface area contributed by atoms with E-state index in [1.807, 2.05) is 18.2 Å². The molecule has 2 aromatic rings. The Morgan fingerprint density at radius 3 is 2.52 bits per heavy atom. The zero-order valence-corrected chi connectivity index (χ0v) is 18.2. The van der Waals surface area contributed by atoms with Crippen molar-refractivity contribution in [3.05, 3.63) is 35.9 Å². The zero-order chi connectivity index (χ0) is 21.8. The van der Waals surface area contributed by atoms with Gasteiger partial charge >= 0.3 is 0 Å². The number of aromatic hydroxyl groups is 2. The highest BCUT2D eigenvalue weighted by molar-refractivity contribution is 5.58. The lowest BCUT2D eigenvalue weighted by Crippen LogP contribution is -2.49. The molecule has 2 heterocycles. The standard InChI is InChI=1S/C23H34N4O4/c1-31-21-8-3-2-7-20(21)26-11-9-25(10-12-26)15-19(28)16-27-22(29)13-17(23(27)30)14-24-18-5-4-6-18/h2-3,7-8,13,18-19,24,28-30H,4-6,9-12,14-16H2,1H3. The first kappa shape index (κ1) is 21.8. The number of aromatic nitrogens is 1. The fourth-order valence-electron chi connectivity index (χ4n) is 4.39. The maximum Gasteiger partial charge on any atom is 0.198 e. The summed E-state index contributed by atoms with van der Waals surface area (Å²) in [5, 5.41) is 34.7. The summed E-state index contributed by atoms with van der Waals surface area (Å²) in [6, 6.07) is 10.1. The van der Waals surface area contributed by atoms with Gasteiger partial charge in [0.05, 0.1) is 25.4 Å². The minimum absolute atomic E-state index is 0.0112. The van der Waals surface area contributed by atoms with Gasteiger partial charge in [0.2, 0.25) is 0 Å². The van der Waals surface area contributed by atoms with Gasteiger partial charge < -0.3 is 30.3 Å². The molecular weight excluding hydrogens is 396 g/mol. The Hall–Kier alpha value is -2.42. The summed E-state index contributed by atoms with van der Waals surface area (Å²) in [6.07, 6.45) is 2.89. The van der Waals surface area contributed by atoms with Crippen LogP contribution in [0, 0.1) is 0 Å². The minimum Gasteiger partial charge on any atom is -0.495 e. The summed E-state index contributed by atoms with van der Waals surface area (Å²) in [4.78, 5) is 4.51. The normalized spacial score (nSPS) is 18.7. The molecule has 1 unspecified atom stereocenters. The van der Waals surface area contributed by atoms with Crippen LogP contribution in [0.5, 0.6) is 17.5 Å². The van der Waals surface area contributed by atoms with Crippen molar-refractivity contribution >= 4 is 5.69 Å². The quantitative estimate of drug-likeness (QED) is 0.481. The Morgan fingerprint density at radius 2 is 1.84 bits per heavy atom. The van der Waals surface area contributed by atoms with Gasteiger partial charge in [0, 0.05) is 56.9 Å². The van der Waals surface area contributed by atoms with Gasteiger partial charge in [-0.15, -0.1) is 0 Å². The van der Waals surface area contributed by atoms with E-state index in [-0.39, 0.29) is 18.3 Å². The molecule has 2 fully saturated rings. The van der Waals surface area contributed by atoms with Crippen LogP contribution in [0.15, 0.2) is 30.3 Å². The van der Waals surface area contributed by atoms with Crippen molar-refractivity contribution in [2.24, 2.45) is 0 Å². The van der Waals surface area contributed by atoms with Crippen LogP contribution >= 0.6 is 0 Å². The van der Waals surface area contributed by atoms with Crippen molar-refractivity contribution in [1.29, 1.82) is 0 Å². The zero-order valence-electron chi connectivity index (χ0n) is 18.2. The number of nitrogens with one attached hydrogen (secondary N) is 1. The molecule has 0 bridgehead atoms. The largest absolute Gasteiger partial charge is 0.495 e. The Bertz CT molecular complexity index is 859. The third kappa shape index (κ3) is 5.08. The Labute approximate surface area is 183 Å². The average molecular weight is 431 g/mol. The predicted octanol–water partition coefficient (Wildman–Crippen LogP) is 1.73. The average Bonchev–Trinajstić information content (AvgIpc) is 3.00. The fraction of sp³-hybridized carbons (Fsp3) is 0.565. The SMILES string of the molecule is COc1ccccc1N1CCN(CC(O)Cn2c(O)cc(CNC3CCC3)c2O)CC1. The number of ether oxygens (including phenoxy) is 1. The summed E-state index contributed by atoms with van der Waals surface area (Å²) in [5.74, 6) is 0.893. The number of para-hydroxylation sites is 2. The first-order chi connectivity index (χ1) is 15.0. The van der Waals surface area contributed by atoms with Crippen LogP contribution in [0.4, 0.5) is 5.69 Å². The van der Waals surface area contributed by atoms with Crippen LogP contribution in [-0.2, 0) is 13.1 Å². The number of β-amino-alcohol motifs (C(OH)–C–C–N with tert-alkyl or cyclic N) is 1. The molecule has 4 rings (SSSR count). The molecule has 1 aromatic carbocycles. The van der Waals surface area contributed by atoms with Gasteiger partial charge in [0.15, 0.2) is 11.8 Å². The molecule has 1 aromatic heterocycles. The molecule has 1 aliphatic carbocycles. The van der Waals surface area contributed by atoms with Crippen LogP contribution < -0.4 is 15.0 Å². The number of anilines is 1. The topological polar surface area (TPSA) is 93.4 Å². The molecule has 1 aliphatic heterocycles. The first-order valence-corrected chi connectivity index (χ1v) is 11.2. The molecule has 0 amide bonds. The number of rotatable bonds is 9. The summed E-state index contributed by atoms with van der Waals surface area (Å²) < 4.78 is 6.87. The molecule has 8 nitrogen and oxygen atoms in total. The third-order valence-electron chi connectivity index (χ3n) is 6.47. The Kier molecular flexibility index (Phi) is 6.89. The van der Waals surface area contributed by atoms with Crippen molar-refractivity contribution in [3.63, 3.8) is 0 Å². The van der Waals surface area contributed by atoms with Crippen LogP contribution in [0.2, 0.25) is 0 Å². The van der Waals surface area contributed by atoms with E-state index < -0.39 is 6.10 Å². The molecule has 0 spiro atoms. The van der Waals surface area contributed by atoms with Crippen LogP contribution in [0.1, 0.15) is 24.8 Å². The van der Waals surface area contributed by atoms with Crippen molar-refractivity contribution in [2.75, 3.05) is 44.7 Å². The summed E-state index contributed by atoms with van der Waals surface area (Å²) in [5.41, 5.74) is 1.76. The van der Waals surface area contributed by atoms with Crippen LogP contribution in [0.3, 0.4) is 0 Å². The number of methoxy groups -OCH3 is 1. The lowest BCUT2D eigenvalue weighted by molar-refractivity contribution is 0.0908. The molecule has 1 atom stereocenters. The van der Waals surface area contributed by atoms with Gasteiger partial charge in [-0.2, -0.15) is 0 Å². The van der Waals surface area contributed by atoms with Gasteiger partial charge in [-0.3, -0.25) is 9.47 Å². The molecular formula is C23H34N4O4. The highest BCUT2D eigenvalue weighted by Gasteiger charge is 2.24. The van der Waals surface area contributed by atoms with Crippen LogP contribution in [0.25, 0.3) is 0 Å². The molecule has 1 saturated heterocycles. The van der Waals surface area contributed by atoms with E-state index >= 15 is 0 Å². The van der Waals surface area contributed by atoms with E-state index in [4.69, 9.17) is 4.74 Å². The minimum atomic E-state index is -0.686. The maximum absolute atomic E-state index is 10.6. The lowest BCUT2D eigenvalue weighted by atomic mass is 9.93. The molecule has 4 N–H and O–H groups in total. The smallest absolute Gasteiger partial charge is 0.198 e. The lowest BCUT2D eigenvalue weighted by Gasteiger charge is -2.37. The molecule has 31 heavy (non-hydrogen) atoms. The number of aliphatic hydroxyl groups is 1. The number of hydrogen-bond donors (Lipinski definition) is 4. The Morgan fingerprint density at radius 1 is 1.10 bits per heavy atom. The van der Waals surface area contributed by atoms with E-state index in [9.17, 15) is 15.3 Å². The summed E-state index contributed by atoms with van der Waals surface area (Å²) in [6.45, 7) is 4.54. The summed E-state index contributed by atoms with van der Waals surface area (Å²) in [7, 11) is 1.69. The molecule has 8 heteroatoms. The summed E-state index contributed by atoms with van der Waals surface area (Å²) >= 11 is 0. The van der Waals surface area contributed by atoms with Crippen molar-refractivity contribution < 1.29 is 20.1 Å². The highest BCUT2D eigenvalue weighted by atomic mass is 16.5. The van der Waals surface area contributed by atoms with Gasteiger partial charge in [-0.05, 0) is 25.0 Å². The second kappa shape index (κ2) is 9.80. The van der Waals surface area contributed by atoms with Crippen molar-refractivity contribution in [1.82, 2.24) is 14.8 Å². The van der Waals surface area contributed by atoms with Gasteiger partial charge in [-0.1, -0.05) is 18.6 Å². The fourth-order valence-corrected chi connectivity index (χ4v) is 4.39. The van der Waals surface area contributed by atoms with Crippen LogP contribution in [-0.4, -0.2) is 76.8 Å².